The summed E-state index contributed by atoms with van der Waals surface area (Å²) in [4.78, 5) is 0. The Hall–Kier alpha value is -1.45. The zero-order chi connectivity index (χ0) is 7.40. The van der Waals surface area contributed by atoms with E-state index in [1.807, 2.05) is 0 Å². The van der Waals surface area contributed by atoms with E-state index in [1.54, 1.807) is 12.3 Å². The lowest BCUT2D eigenvalue weighted by molar-refractivity contribution is -0.350. The number of aromatic nitrogens is 2. The van der Waals surface area contributed by atoms with Gasteiger partial charge in [-0.2, -0.15) is 5.10 Å². The summed E-state index contributed by atoms with van der Waals surface area (Å²) in [5.41, 5.74) is 0.645. The fourth-order valence-electron chi connectivity index (χ4n) is 0.533. The van der Waals surface area contributed by atoms with Crippen LogP contribution in [0.3, 0.4) is 0 Å². The molecule has 0 spiro atoms. The monoisotopic (exact) mass is 139 g/mol. The molecule has 0 aromatic carbocycles. The lowest BCUT2D eigenvalue weighted by atomic mass is 10.4. The number of rotatable bonds is 2. The van der Waals surface area contributed by atoms with Crippen molar-refractivity contribution in [2.75, 3.05) is 7.11 Å². The van der Waals surface area contributed by atoms with E-state index >= 15 is 0 Å². The molecule has 4 nitrogen and oxygen atoms in total. The molecule has 1 heterocycles. The second-order valence-corrected chi connectivity index (χ2v) is 1.68. The third-order valence-corrected chi connectivity index (χ3v) is 0.997. The van der Waals surface area contributed by atoms with E-state index in [1.165, 1.54) is 13.2 Å². The average molecular weight is 139 g/mol. The summed E-state index contributed by atoms with van der Waals surface area (Å²) in [5, 5.41) is 16.8. The SMILES string of the molecule is CO/C([O-])=C/c1ccn[nH]1. The molecule has 0 radical (unpaired) electrons. The zero-order valence-electron chi connectivity index (χ0n) is 5.50. The number of H-pyrrole nitrogens is 1. The molecule has 0 aliphatic rings. The van der Waals surface area contributed by atoms with Crippen molar-refractivity contribution in [3.8, 4) is 0 Å². The minimum Gasteiger partial charge on any atom is -0.616 e. The first-order valence-corrected chi connectivity index (χ1v) is 2.75. The van der Waals surface area contributed by atoms with Gasteiger partial charge in [0.2, 0.25) is 0 Å². The topological polar surface area (TPSA) is 61.0 Å². The van der Waals surface area contributed by atoms with Gasteiger partial charge in [-0.25, -0.2) is 0 Å². The molecule has 1 rings (SSSR count). The van der Waals surface area contributed by atoms with Gasteiger partial charge in [0.1, 0.15) is 0 Å². The van der Waals surface area contributed by atoms with E-state index in [9.17, 15) is 5.11 Å². The van der Waals surface area contributed by atoms with Crippen LogP contribution in [-0.2, 0) is 4.74 Å². The molecule has 10 heavy (non-hydrogen) atoms. The van der Waals surface area contributed by atoms with Crippen molar-refractivity contribution in [2.24, 2.45) is 0 Å². The third kappa shape index (κ3) is 1.51. The lowest BCUT2D eigenvalue weighted by Crippen LogP contribution is -2.04. The summed E-state index contributed by atoms with van der Waals surface area (Å²) in [6, 6.07) is 1.68. The number of nitrogens with zero attached hydrogens (tertiary/aromatic N) is 1. The summed E-state index contributed by atoms with van der Waals surface area (Å²) < 4.78 is 4.38. The van der Waals surface area contributed by atoms with Crippen molar-refractivity contribution in [1.29, 1.82) is 0 Å². The lowest BCUT2D eigenvalue weighted by Gasteiger charge is -2.05. The largest absolute Gasteiger partial charge is 0.616 e. The first-order valence-electron chi connectivity index (χ1n) is 2.75. The van der Waals surface area contributed by atoms with Gasteiger partial charge in [-0.05, 0) is 19.3 Å². The number of hydrogen-bond acceptors (Lipinski definition) is 3. The second kappa shape index (κ2) is 2.91. The van der Waals surface area contributed by atoms with E-state index in [0.717, 1.165) is 0 Å². The second-order valence-electron chi connectivity index (χ2n) is 1.68. The first kappa shape index (κ1) is 6.67. The molecular weight excluding hydrogens is 132 g/mol. The molecule has 4 heteroatoms. The quantitative estimate of drug-likeness (QED) is 0.573. The van der Waals surface area contributed by atoms with Crippen molar-refractivity contribution < 1.29 is 9.84 Å². The minimum atomic E-state index is -0.385. The molecule has 0 fully saturated rings. The highest BCUT2D eigenvalue weighted by molar-refractivity contribution is 5.43. The van der Waals surface area contributed by atoms with Crippen LogP contribution < -0.4 is 5.11 Å². The number of nitrogens with one attached hydrogen (secondary N) is 1. The van der Waals surface area contributed by atoms with E-state index in [4.69, 9.17) is 0 Å². The van der Waals surface area contributed by atoms with Gasteiger partial charge in [-0.3, -0.25) is 5.10 Å². The predicted octanol–water partition coefficient (Wildman–Crippen LogP) is -0.285. The van der Waals surface area contributed by atoms with Crippen molar-refractivity contribution in [1.82, 2.24) is 10.2 Å². The maximum absolute atomic E-state index is 10.6. The Morgan fingerprint density at radius 1 is 1.90 bits per heavy atom. The van der Waals surface area contributed by atoms with E-state index in [0.29, 0.717) is 5.69 Å². The van der Waals surface area contributed by atoms with Gasteiger partial charge < -0.3 is 9.84 Å². The van der Waals surface area contributed by atoms with Crippen molar-refractivity contribution in [2.45, 2.75) is 0 Å². The molecule has 0 bridgehead atoms. The normalized spacial score (nSPS) is 11.5. The Kier molecular flexibility index (Phi) is 1.94. The molecule has 0 amide bonds. The highest BCUT2D eigenvalue weighted by Crippen LogP contribution is 1.97. The Bertz CT molecular complexity index is 216. The molecule has 1 aromatic rings. The fraction of sp³-hybridized carbons (Fsp3) is 0.167. The van der Waals surface area contributed by atoms with Gasteiger partial charge in [0, 0.05) is 6.20 Å². The van der Waals surface area contributed by atoms with Crippen molar-refractivity contribution in [3.05, 3.63) is 23.9 Å². The fourth-order valence-corrected chi connectivity index (χ4v) is 0.533. The molecule has 0 unspecified atom stereocenters. The number of hydrogen-bond donors (Lipinski definition) is 1. The summed E-state index contributed by atoms with van der Waals surface area (Å²) >= 11 is 0. The highest BCUT2D eigenvalue weighted by Gasteiger charge is 1.84. The van der Waals surface area contributed by atoms with Crippen LogP contribution >= 0.6 is 0 Å². The average Bonchev–Trinajstić information content (AvgIpc) is 2.40. The zero-order valence-corrected chi connectivity index (χ0v) is 5.50. The highest BCUT2D eigenvalue weighted by atomic mass is 16.6. The number of ether oxygens (including phenoxy) is 1. The summed E-state index contributed by atoms with van der Waals surface area (Å²) in [5.74, 6) is -0.385. The molecule has 1 N–H and O–H groups in total. The maximum Gasteiger partial charge on any atom is 0.0595 e. The third-order valence-electron chi connectivity index (χ3n) is 0.997. The van der Waals surface area contributed by atoms with E-state index in [2.05, 4.69) is 14.9 Å². The van der Waals surface area contributed by atoms with Crippen LogP contribution in [0.25, 0.3) is 6.08 Å². The molecule has 0 aliphatic carbocycles. The van der Waals surface area contributed by atoms with E-state index in [-0.39, 0.29) is 5.95 Å². The molecule has 0 atom stereocenters. The molecule has 0 saturated carbocycles. The first-order chi connectivity index (χ1) is 4.83. The summed E-state index contributed by atoms with van der Waals surface area (Å²) in [7, 11) is 1.33. The number of aromatic amines is 1. The molecule has 0 aliphatic heterocycles. The van der Waals surface area contributed by atoms with Gasteiger partial charge >= 0.3 is 0 Å². The Morgan fingerprint density at radius 2 is 2.70 bits per heavy atom. The standard InChI is InChI=1S/C6H8N2O2/c1-10-6(9)4-5-2-3-7-8-5/h2-4,9H,1H3,(H,7,8)/p-1/b6-4+. The van der Waals surface area contributed by atoms with Crippen LogP contribution in [0.2, 0.25) is 0 Å². The Morgan fingerprint density at radius 3 is 3.20 bits per heavy atom. The predicted molar refractivity (Wildman–Crippen MR) is 33.6 cm³/mol. The van der Waals surface area contributed by atoms with E-state index < -0.39 is 0 Å². The van der Waals surface area contributed by atoms with Gasteiger partial charge in [0.15, 0.2) is 0 Å². The van der Waals surface area contributed by atoms with Gasteiger partial charge in [-0.15, -0.1) is 0 Å². The maximum atomic E-state index is 10.6. The van der Waals surface area contributed by atoms with Gasteiger partial charge in [-0.1, -0.05) is 0 Å². The van der Waals surface area contributed by atoms with Gasteiger partial charge in [0.05, 0.1) is 11.6 Å². The Labute approximate surface area is 58.1 Å². The van der Waals surface area contributed by atoms with Gasteiger partial charge in [0.25, 0.3) is 0 Å². The molecule has 54 valence electrons. The van der Waals surface area contributed by atoms with Crippen LogP contribution in [0, 0.1) is 0 Å². The van der Waals surface area contributed by atoms with Crippen molar-refractivity contribution >= 4 is 6.08 Å². The minimum absolute atomic E-state index is 0.385. The van der Waals surface area contributed by atoms with Crippen LogP contribution in [0.5, 0.6) is 0 Å². The van der Waals surface area contributed by atoms with Crippen LogP contribution in [0.15, 0.2) is 18.2 Å². The van der Waals surface area contributed by atoms with Crippen molar-refractivity contribution in [3.63, 3.8) is 0 Å². The molecule has 1 aromatic heterocycles. The van der Waals surface area contributed by atoms with Crippen LogP contribution in [-0.4, -0.2) is 17.3 Å². The number of methoxy groups -OCH3 is 1. The van der Waals surface area contributed by atoms with Crippen LogP contribution in [0.1, 0.15) is 5.69 Å². The molecular formula is C6H7N2O2-. The summed E-state index contributed by atoms with van der Waals surface area (Å²) in [6.07, 6.45) is 2.89. The smallest absolute Gasteiger partial charge is 0.0595 e. The van der Waals surface area contributed by atoms with Crippen LogP contribution in [0.4, 0.5) is 0 Å². The molecule has 0 saturated heterocycles. The summed E-state index contributed by atoms with van der Waals surface area (Å²) in [6.45, 7) is 0. The Balaban J connectivity index is 2.71.